The summed E-state index contributed by atoms with van der Waals surface area (Å²) in [4.78, 5) is 29.3. The first-order valence-corrected chi connectivity index (χ1v) is 14.2. The standard InChI is InChI=1S/C25H33N7O2S2/c1-31-20(11-18(30-31)14-4-5-14)32(25(35)29-26)16-8-9-19-17(10-16)21(23(34)27-12-13-2-3-13)24(36-19)28-22(33)15-6-7-15/h11,13-16H,2-10,12,26H2,1H3,(H,27,34)(H,28,33)(H,29,35)/t16-/m0/s1. The number of hydrazine groups is 1. The molecule has 4 aliphatic rings. The van der Waals surface area contributed by atoms with Crippen LogP contribution < -0.4 is 26.8 Å². The lowest BCUT2D eigenvalue weighted by atomic mass is 9.90. The number of hydrogen-bond acceptors (Lipinski definition) is 6. The molecule has 0 saturated heterocycles. The number of carbonyl (C=O) groups excluding carboxylic acids is 2. The summed E-state index contributed by atoms with van der Waals surface area (Å²) >= 11 is 7.22. The van der Waals surface area contributed by atoms with Gasteiger partial charge in [-0.2, -0.15) is 5.10 Å². The van der Waals surface area contributed by atoms with E-state index in [2.05, 4.69) is 27.0 Å². The van der Waals surface area contributed by atoms with Crippen LogP contribution in [0.4, 0.5) is 10.8 Å². The highest BCUT2D eigenvalue weighted by atomic mass is 32.1. The van der Waals surface area contributed by atoms with Crippen molar-refractivity contribution in [1.82, 2.24) is 20.5 Å². The van der Waals surface area contributed by atoms with Gasteiger partial charge in [0.25, 0.3) is 5.91 Å². The lowest BCUT2D eigenvalue weighted by Gasteiger charge is -2.35. The topological polar surface area (TPSA) is 117 Å². The van der Waals surface area contributed by atoms with Gasteiger partial charge < -0.3 is 16.1 Å². The molecule has 0 aliphatic heterocycles. The Morgan fingerprint density at radius 3 is 2.67 bits per heavy atom. The highest BCUT2D eigenvalue weighted by Gasteiger charge is 2.37. The molecular formula is C25H33N7O2S2. The number of nitrogens with two attached hydrogens (primary N) is 1. The summed E-state index contributed by atoms with van der Waals surface area (Å²) in [6.45, 7) is 0.690. The van der Waals surface area contributed by atoms with Crippen LogP contribution in [0, 0.1) is 11.8 Å². The number of aromatic nitrogens is 2. The van der Waals surface area contributed by atoms with E-state index in [4.69, 9.17) is 23.2 Å². The Balaban J connectivity index is 1.31. The van der Waals surface area contributed by atoms with Crippen LogP contribution in [0.3, 0.4) is 0 Å². The Morgan fingerprint density at radius 1 is 1.22 bits per heavy atom. The third-order valence-corrected chi connectivity index (χ3v) is 9.24. The summed E-state index contributed by atoms with van der Waals surface area (Å²) < 4.78 is 1.88. The van der Waals surface area contributed by atoms with Crippen molar-refractivity contribution in [3.8, 4) is 0 Å². The summed E-state index contributed by atoms with van der Waals surface area (Å²) in [5, 5.41) is 12.1. The highest BCUT2D eigenvalue weighted by Crippen LogP contribution is 2.43. The first kappa shape index (κ1) is 23.9. The van der Waals surface area contributed by atoms with Crippen LogP contribution in [0.5, 0.6) is 0 Å². The predicted molar refractivity (Wildman–Crippen MR) is 144 cm³/mol. The predicted octanol–water partition coefficient (Wildman–Crippen LogP) is 2.96. The van der Waals surface area contributed by atoms with Gasteiger partial charge in [0.2, 0.25) is 5.91 Å². The fourth-order valence-corrected chi connectivity index (χ4v) is 6.62. The zero-order valence-corrected chi connectivity index (χ0v) is 22.1. The minimum Gasteiger partial charge on any atom is -0.352 e. The van der Waals surface area contributed by atoms with Gasteiger partial charge in [-0.1, -0.05) is 0 Å². The van der Waals surface area contributed by atoms with Gasteiger partial charge in [-0.15, -0.1) is 11.3 Å². The van der Waals surface area contributed by atoms with Crippen molar-refractivity contribution in [3.05, 3.63) is 27.8 Å². The molecule has 4 aliphatic carbocycles. The van der Waals surface area contributed by atoms with E-state index in [9.17, 15) is 9.59 Å². The van der Waals surface area contributed by atoms with Gasteiger partial charge in [0.15, 0.2) is 5.11 Å². The average molecular weight is 528 g/mol. The van der Waals surface area contributed by atoms with E-state index >= 15 is 0 Å². The number of amides is 2. The number of thiocarbonyl (C=S) groups is 1. The summed E-state index contributed by atoms with van der Waals surface area (Å²) in [5.74, 6) is 7.84. The maximum absolute atomic E-state index is 13.4. The fourth-order valence-electron chi connectivity index (χ4n) is 5.13. The van der Waals surface area contributed by atoms with Gasteiger partial charge in [0.1, 0.15) is 10.8 Å². The van der Waals surface area contributed by atoms with Crippen LogP contribution in [-0.2, 0) is 24.7 Å². The second-order valence-corrected chi connectivity index (χ2v) is 12.2. The molecule has 11 heteroatoms. The molecule has 0 unspecified atom stereocenters. The Bertz CT molecular complexity index is 1210. The van der Waals surface area contributed by atoms with Gasteiger partial charge in [-0.05, 0) is 81.5 Å². The smallest absolute Gasteiger partial charge is 0.254 e. The summed E-state index contributed by atoms with van der Waals surface area (Å²) in [6, 6.07) is 2.13. The van der Waals surface area contributed by atoms with Crippen molar-refractivity contribution in [1.29, 1.82) is 0 Å². The molecule has 192 valence electrons. The number of thiophene rings is 1. The Kier molecular flexibility index (Phi) is 6.25. The SMILES string of the molecule is Cn1nc(C2CC2)cc1N(C(=S)NN)[C@H]1CCc2sc(NC(=O)C3CC3)c(C(=O)NCC3CC3)c2C1. The molecule has 0 aromatic carbocycles. The molecule has 9 nitrogen and oxygen atoms in total. The normalized spacial score (nSPS) is 21.0. The third-order valence-electron chi connectivity index (χ3n) is 7.72. The summed E-state index contributed by atoms with van der Waals surface area (Å²) in [6.07, 6.45) is 8.84. The van der Waals surface area contributed by atoms with Crippen LogP contribution in [0.1, 0.15) is 77.4 Å². The number of nitrogens with zero attached hydrogens (tertiary/aromatic N) is 3. The van der Waals surface area contributed by atoms with Crippen molar-refractivity contribution in [2.24, 2.45) is 24.7 Å². The molecule has 1 atom stereocenters. The molecule has 2 aromatic heterocycles. The van der Waals surface area contributed by atoms with E-state index in [1.807, 2.05) is 11.7 Å². The first-order chi connectivity index (χ1) is 17.4. The van der Waals surface area contributed by atoms with Gasteiger partial charge in [0, 0.05) is 42.4 Å². The van der Waals surface area contributed by atoms with Gasteiger partial charge in [0.05, 0.1) is 11.3 Å². The van der Waals surface area contributed by atoms with E-state index in [1.165, 1.54) is 30.6 Å². The number of nitrogens with one attached hydrogen (secondary N) is 3. The number of aryl methyl sites for hydroxylation is 2. The summed E-state index contributed by atoms with van der Waals surface area (Å²) in [5.41, 5.74) is 5.42. The van der Waals surface area contributed by atoms with E-state index < -0.39 is 0 Å². The van der Waals surface area contributed by atoms with Crippen LogP contribution >= 0.6 is 23.6 Å². The lowest BCUT2D eigenvalue weighted by Crippen LogP contribution is -2.51. The van der Waals surface area contributed by atoms with Crippen molar-refractivity contribution >= 4 is 51.3 Å². The molecule has 3 fully saturated rings. The van der Waals surface area contributed by atoms with Gasteiger partial charge in [-0.3, -0.25) is 19.2 Å². The van der Waals surface area contributed by atoms with Crippen LogP contribution in [-0.4, -0.2) is 39.3 Å². The van der Waals surface area contributed by atoms with Crippen LogP contribution in [0.15, 0.2) is 6.07 Å². The minimum absolute atomic E-state index is 0.0140. The quantitative estimate of drug-likeness (QED) is 0.237. The molecule has 0 bridgehead atoms. The van der Waals surface area contributed by atoms with E-state index in [1.54, 1.807) is 11.3 Å². The van der Waals surface area contributed by atoms with Gasteiger partial charge >= 0.3 is 0 Å². The molecule has 2 amide bonds. The number of hydrogen-bond donors (Lipinski definition) is 4. The van der Waals surface area contributed by atoms with Crippen molar-refractivity contribution in [3.63, 3.8) is 0 Å². The number of anilines is 2. The Labute approximate surface area is 220 Å². The first-order valence-electron chi connectivity index (χ1n) is 13.0. The van der Waals surface area contributed by atoms with Crippen molar-refractivity contribution in [2.75, 3.05) is 16.8 Å². The molecule has 36 heavy (non-hydrogen) atoms. The van der Waals surface area contributed by atoms with E-state index in [0.29, 0.717) is 40.5 Å². The largest absolute Gasteiger partial charge is 0.352 e. The molecule has 6 rings (SSSR count). The average Bonchev–Trinajstić information content (AvgIpc) is 3.74. The fraction of sp³-hybridized carbons (Fsp3) is 0.600. The molecule has 2 heterocycles. The molecule has 5 N–H and O–H groups in total. The number of carbonyl (C=O) groups is 2. The molecule has 0 spiro atoms. The second kappa shape index (κ2) is 9.42. The number of rotatable bonds is 8. The maximum atomic E-state index is 13.4. The Hall–Kier alpha value is -2.50. The third kappa shape index (κ3) is 4.76. The summed E-state index contributed by atoms with van der Waals surface area (Å²) in [7, 11) is 1.94. The number of fused-ring (bicyclic) bond motifs is 1. The second-order valence-electron chi connectivity index (χ2n) is 10.7. The Morgan fingerprint density at radius 2 is 2.00 bits per heavy atom. The van der Waals surface area contributed by atoms with Gasteiger partial charge in [-0.25, -0.2) is 5.84 Å². The zero-order valence-electron chi connectivity index (χ0n) is 20.5. The zero-order chi connectivity index (χ0) is 25.0. The van der Waals surface area contributed by atoms with Crippen LogP contribution in [0.2, 0.25) is 0 Å². The van der Waals surface area contributed by atoms with E-state index in [-0.39, 0.29) is 23.8 Å². The highest BCUT2D eigenvalue weighted by molar-refractivity contribution is 7.80. The molecule has 0 radical (unpaired) electrons. The monoisotopic (exact) mass is 527 g/mol. The molecule has 3 saturated carbocycles. The molecular weight excluding hydrogens is 494 g/mol. The minimum atomic E-state index is -0.0891. The lowest BCUT2D eigenvalue weighted by molar-refractivity contribution is -0.117. The van der Waals surface area contributed by atoms with Crippen molar-refractivity contribution in [2.45, 2.75) is 69.7 Å². The van der Waals surface area contributed by atoms with Crippen molar-refractivity contribution < 1.29 is 9.59 Å². The molecule has 2 aromatic rings. The van der Waals surface area contributed by atoms with E-state index in [0.717, 1.165) is 42.8 Å². The van der Waals surface area contributed by atoms with Crippen LogP contribution in [0.25, 0.3) is 0 Å². The maximum Gasteiger partial charge on any atom is 0.254 e.